The lowest BCUT2D eigenvalue weighted by atomic mass is 10.2. The number of guanidine groups is 1. The first-order chi connectivity index (χ1) is 13.2. The highest BCUT2D eigenvalue weighted by Crippen LogP contribution is 2.18. The van der Waals surface area contributed by atoms with Crippen LogP contribution >= 0.6 is 11.3 Å². The number of carbonyl (C=O) groups excluding carboxylic acids is 1. The molecule has 1 aliphatic rings. The molecule has 6 nitrogen and oxygen atoms in total. The summed E-state index contributed by atoms with van der Waals surface area (Å²) in [5, 5.41) is 11.6. The number of nitrogens with zero attached hydrogens (tertiary/aromatic N) is 1. The van der Waals surface area contributed by atoms with Gasteiger partial charge in [-0.05, 0) is 48.9 Å². The molecule has 1 aromatic carbocycles. The normalized spacial score (nSPS) is 13.9. The largest absolute Gasteiger partial charge is 0.484 e. The van der Waals surface area contributed by atoms with Gasteiger partial charge in [0.15, 0.2) is 12.6 Å². The molecule has 0 atom stereocenters. The minimum atomic E-state index is -0.0619. The van der Waals surface area contributed by atoms with Crippen molar-refractivity contribution in [3.63, 3.8) is 0 Å². The molecule has 2 aromatic rings. The zero-order valence-corrected chi connectivity index (χ0v) is 16.3. The Labute approximate surface area is 164 Å². The van der Waals surface area contributed by atoms with E-state index < -0.39 is 0 Å². The van der Waals surface area contributed by atoms with E-state index in [2.05, 4.69) is 32.4 Å². The average molecular weight is 387 g/mol. The van der Waals surface area contributed by atoms with Crippen molar-refractivity contribution in [1.29, 1.82) is 0 Å². The highest BCUT2D eigenvalue weighted by Gasteiger charge is 2.23. The third kappa shape index (κ3) is 6.94. The maximum Gasteiger partial charge on any atom is 0.258 e. The van der Waals surface area contributed by atoms with Crippen LogP contribution < -0.4 is 20.7 Å². The van der Waals surface area contributed by atoms with Gasteiger partial charge in [0.2, 0.25) is 0 Å². The van der Waals surface area contributed by atoms with Crippen molar-refractivity contribution >= 4 is 23.2 Å². The topological polar surface area (TPSA) is 74.8 Å². The van der Waals surface area contributed by atoms with Crippen LogP contribution in [-0.2, 0) is 17.9 Å². The number of hydrogen-bond donors (Lipinski definition) is 3. The van der Waals surface area contributed by atoms with Gasteiger partial charge >= 0.3 is 0 Å². The number of rotatable bonds is 9. The number of nitrogens with one attached hydrogen (secondary N) is 3. The van der Waals surface area contributed by atoms with Gasteiger partial charge < -0.3 is 20.7 Å². The molecule has 144 valence electrons. The molecule has 1 amide bonds. The van der Waals surface area contributed by atoms with Crippen molar-refractivity contribution < 1.29 is 9.53 Å². The van der Waals surface area contributed by atoms with Crippen LogP contribution in [0.3, 0.4) is 0 Å². The van der Waals surface area contributed by atoms with Gasteiger partial charge in [0.05, 0.1) is 13.1 Å². The van der Waals surface area contributed by atoms with E-state index in [1.54, 1.807) is 11.3 Å². The predicted octanol–water partition coefficient (Wildman–Crippen LogP) is 2.66. The highest BCUT2D eigenvalue weighted by molar-refractivity contribution is 7.09. The van der Waals surface area contributed by atoms with Crippen LogP contribution in [0.15, 0.2) is 46.8 Å². The van der Waals surface area contributed by atoms with Gasteiger partial charge in [-0.2, -0.15) is 0 Å². The molecule has 0 bridgehead atoms. The predicted molar refractivity (Wildman–Crippen MR) is 109 cm³/mol. The first-order valence-electron chi connectivity index (χ1n) is 9.28. The minimum absolute atomic E-state index is 0.0498. The number of hydrogen-bond acceptors (Lipinski definition) is 4. The lowest BCUT2D eigenvalue weighted by Crippen LogP contribution is -2.36. The molecule has 0 saturated heterocycles. The molecular weight excluding hydrogens is 360 g/mol. The van der Waals surface area contributed by atoms with E-state index in [1.165, 1.54) is 4.88 Å². The van der Waals surface area contributed by atoms with Crippen LogP contribution in [-0.4, -0.2) is 31.1 Å². The van der Waals surface area contributed by atoms with E-state index in [1.807, 2.05) is 37.3 Å². The fourth-order valence-electron chi connectivity index (χ4n) is 2.48. The van der Waals surface area contributed by atoms with Gasteiger partial charge in [-0.25, -0.2) is 4.99 Å². The molecule has 7 heteroatoms. The SMILES string of the molecule is CCNC(=NCc1cccc(OCC(=O)NC2CC2)c1)NCc1cccs1. The maximum atomic E-state index is 11.7. The fourth-order valence-corrected chi connectivity index (χ4v) is 3.12. The summed E-state index contributed by atoms with van der Waals surface area (Å²) < 4.78 is 5.60. The summed E-state index contributed by atoms with van der Waals surface area (Å²) in [6.45, 7) is 4.18. The Kier molecular flexibility index (Phi) is 7.10. The Bertz CT molecular complexity index is 757. The molecule has 0 aliphatic heterocycles. The molecule has 0 unspecified atom stereocenters. The Morgan fingerprint density at radius 1 is 1.26 bits per heavy atom. The quantitative estimate of drug-likeness (QED) is 0.458. The van der Waals surface area contributed by atoms with Crippen molar-refractivity contribution in [3.05, 3.63) is 52.2 Å². The summed E-state index contributed by atoms with van der Waals surface area (Å²) >= 11 is 1.72. The second-order valence-electron chi connectivity index (χ2n) is 6.41. The van der Waals surface area contributed by atoms with Crippen molar-refractivity contribution in [2.75, 3.05) is 13.2 Å². The summed E-state index contributed by atoms with van der Waals surface area (Å²) in [6, 6.07) is 12.2. The lowest BCUT2D eigenvalue weighted by Gasteiger charge is -2.11. The molecule has 1 saturated carbocycles. The number of ether oxygens (including phenoxy) is 1. The molecule has 1 heterocycles. The van der Waals surface area contributed by atoms with Crippen LogP contribution in [0.25, 0.3) is 0 Å². The molecule has 3 rings (SSSR count). The highest BCUT2D eigenvalue weighted by atomic mass is 32.1. The van der Waals surface area contributed by atoms with E-state index in [9.17, 15) is 4.79 Å². The fraction of sp³-hybridized carbons (Fsp3) is 0.400. The zero-order chi connectivity index (χ0) is 18.9. The van der Waals surface area contributed by atoms with Crippen molar-refractivity contribution in [3.8, 4) is 5.75 Å². The van der Waals surface area contributed by atoms with Gasteiger partial charge in [-0.3, -0.25) is 4.79 Å². The molecule has 3 N–H and O–H groups in total. The molecule has 0 spiro atoms. The van der Waals surface area contributed by atoms with E-state index in [0.717, 1.165) is 37.5 Å². The van der Waals surface area contributed by atoms with Gasteiger partial charge in [0, 0.05) is 17.5 Å². The standard InChI is InChI=1S/C20H26N4O2S/c1-2-21-20(23-13-18-7-4-10-27-18)22-12-15-5-3-6-17(11-15)26-14-19(25)24-16-8-9-16/h3-7,10-11,16H,2,8-9,12-14H2,1H3,(H,24,25)(H2,21,22,23). The van der Waals surface area contributed by atoms with Crippen molar-refractivity contribution in [1.82, 2.24) is 16.0 Å². The Balaban J connectivity index is 1.51. The summed E-state index contributed by atoms with van der Waals surface area (Å²) in [5.74, 6) is 1.40. The van der Waals surface area contributed by atoms with Crippen LogP contribution in [0.4, 0.5) is 0 Å². The third-order valence-corrected chi connectivity index (χ3v) is 4.86. The van der Waals surface area contributed by atoms with E-state index in [0.29, 0.717) is 18.3 Å². The molecular formula is C20H26N4O2S. The smallest absolute Gasteiger partial charge is 0.258 e. The minimum Gasteiger partial charge on any atom is -0.484 e. The molecule has 1 fully saturated rings. The number of carbonyl (C=O) groups is 1. The molecule has 0 radical (unpaired) electrons. The lowest BCUT2D eigenvalue weighted by molar-refractivity contribution is -0.123. The number of amides is 1. The van der Waals surface area contributed by atoms with Gasteiger partial charge in [-0.1, -0.05) is 18.2 Å². The second kappa shape index (κ2) is 9.97. The monoisotopic (exact) mass is 386 g/mol. The van der Waals surface area contributed by atoms with Crippen LogP contribution in [0.2, 0.25) is 0 Å². The average Bonchev–Trinajstić information content (AvgIpc) is 3.33. The number of aliphatic imine (C=N–C) groups is 1. The molecule has 1 aromatic heterocycles. The second-order valence-corrected chi connectivity index (χ2v) is 7.44. The first kappa shape index (κ1) is 19.2. The van der Waals surface area contributed by atoms with Crippen LogP contribution in [0, 0.1) is 0 Å². The number of benzene rings is 1. The van der Waals surface area contributed by atoms with E-state index in [4.69, 9.17) is 4.74 Å². The number of thiophene rings is 1. The maximum absolute atomic E-state index is 11.7. The molecule has 27 heavy (non-hydrogen) atoms. The van der Waals surface area contributed by atoms with Crippen LogP contribution in [0.1, 0.15) is 30.2 Å². The summed E-state index contributed by atoms with van der Waals surface area (Å²) in [7, 11) is 0. The summed E-state index contributed by atoms with van der Waals surface area (Å²) in [6.07, 6.45) is 2.15. The Morgan fingerprint density at radius 3 is 2.89 bits per heavy atom. The Hall–Kier alpha value is -2.54. The third-order valence-electron chi connectivity index (χ3n) is 3.98. The van der Waals surface area contributed by atoms with Crippen molar-refractivity contribution in [2.24, 2.45) is 4.99 Å². The summed E-state index contributed by atoms with van der Waals surface area (Å²) in [5.41, 5.74) is 1.03. The van der Waals surface area contributed by atoms with Crippen LogP contribution in [0.5, 0.6) is 5.75 Å². The van der Waals surface area contributed by atoms with E-state index >= 15 is 0 Å². The zero-order valence-electron chi connectivity index (χ0n) is 15.5. The van der Waals surface area contributed by atoms with E-state index in [-0.39, 0.29) is 12.5 Å². The Morgan fingerprint density at radius 2 is 2.15 bits per heavy atom. The van der Waals surface area contributed by atoms with Gasteiger partial charge in [-0.15, -0.1) is 11.3 Å². The molecule has 1 aliphatic carbocycles. The van der Waals surface area contributed by atoms with Gasteiger partial charge in [0.25, 0.3) is 5.91 Å². The summed E-state index contributed by atoms with van der Waals surface area (Å²) in [4.78, 5) is 17.6. The van der Waals surface area contributed by atoms with Crippen molar-refractivity contribution in [2.45, 2.75) is 38.9 Å². The first-order valence-corrected chi connectivity index (χ1v) is 10.2. The van der Waals surface area contributed by atoms with Gasteiger partial charge in [0.1, 0.15) is 5.75 Å².